The minimum atomic E-state index is 0.655. The zero-order chi connectivity index (χ0) is 17.5. The molecule has 0 spiro atoms. The molecule has 2 aromatic carbocycles. The van der Waals surface area contributed by atoms with Crippen LogP contribution in [0.25, 0.3) is 0 Å². The summed E-state index contributed by atoms with van der Waals surface area (Å²) < 4.78 is 7.09. The average Bonchev–Trinajstić information content (AvgIpc) is 3.08. The van der Waals surface area contributed by atoms with E-state index in [-0.39, 0.29) is 0 Å². The van der Waals surface area contributed by atoms with E-state index in [9.17, 15) is 0 Å². The van der Waals surface area contributed by atoms with Crippen molar-refractivity contribution in [3.05, 3.63) is 71.0 Å². The summed E-state index contributed by atoms with van der Waals surface area (Å²) in [7, 11) is 0. The molecule has 0 fully saturated rings. The van der Waals surface area contributed by atoms with Crippen molar-refractivity contribution in [2.45, 2.75) is 17.8 Å². The standard InChI is InChI=1S/C18H17ClN4OS/c1-2-24-17-9-5-14(6-10-17)11-21-23-13-20-22-18(23)25-12-15-3-7-16(19)8-4-15/h3-11,13H,2,12H2,1H3. The fraction of sp³-hybridized carbons (Fsp3) is 0.167. The molecule has 3 rings (SSSR count). The Labute approximate surface area is 155 Å². The van der Waals surface area contributed by atoms with Crippen molar-refractivity contribution in [3.8, 4) is 5.75 Å². The van der Waals surface area contributed by atoms with Crippen LogP contribution in [0.2, 0.25) is 5.02 Å². The predicted octanol–water partition coefficient (Wildman–Crippen LogP) is 4.50. The number of halogens is 1. The van der Waals surface area contributed by atoms with Crippen molar-refractivity contribution < 1.29 is 4.74 Å². The SMILES string of the molecule is CCOc1ccc(C=Nn2cnnc2SCc2ccc(Cl)cc2)cc1. The summed E-state index contributed by atoms with van der Waals surface area (Å²) in [6, 6.07) is 15.5. The van der Waals surface area contributed by atoms with Gasteiger partial charge < -0.3 is 4.74 Å². The van der Waals surface area contributed by atoms with E-state index >= 15 is 0 Å². The highest BCUT2D eigenvalue weighted by molar-refractivity contribution is 7.98. The minimum Gasteiger partial charge on any atom is -0.494 e. The lowest BCUT2D eigenvalue weighted by molar-refractivity contribution is 0.340. The molecule has 0 saturated carbocycles. The van der Waals surface area contributed by atoms with Crippen LogP contribution in [0.3, 0.4) is 0 Å². The molecule has 25 heavy (non-hydrogen) atoms. The second-order valence-corrected chi connectivity index (χ2v) is 6.50. The molecule has 0 bridgehead atoms. The van der Waals surface area contributed by atoms with Crippen LogP contribution in [0.5, 0.6) is 5.75 Å². The van der Waals surface area contributed by atoms with Crippen molar-refractivity contribution in [1.82, 2.24) is 14.9 Å². The molecule has 0 saturated heterocycles. The lowest BCUT2D eigenvalue weighted by Crippen LogP contribution is -1.94. The Morgan fingerprint density at radius 1 is 1.16 bits per heavy atom. The van der Waals surface area contributed by atoms with Gasteiger partial charge in [0, 0.05) is 10.8 Å². The Morgan fingerprint density at radius 2 is 1.92 bits per heavy atom. The first-order chi connectivity index (χ1) is 12.2. The molecule has 0 amide bonds. The van der Waals surface area contributed by atoms with Gasteiger partial charge in [-0.15, -0.1) is 10.2 Å². The first kappa shape index (κ1) is 17.5. The van der Waals surface area contributed by atoms with E-state index in [1.807, 2.05) is 55.5 Å². The number of nitrogens with zero attached hydrogens (tertiary/aromatic N) is 4. The third kappa shape index (κ3) is 5.08. The summed E-state index contributed by atoms with van der Waals surface area (Å²) >= 11 is 7.47. The normalized spacial score (nSPS) is 11.1. The van der Waals surface area contributed by atoms with Crippen LogP contribution in [-0.2, 0) is 5.75 Å². The maximum atomic E-state index is 5.90. The molecule has 0 aliphatic carbocycles. The van der Waals surface area contributed by atoms with E-state index in [0.29, 0.717) is 6.61 Å². The van der Waals surface area contributed by atoms with Crippen LogP contribution in [0.1, 0.15) is 18.1 Å². The van der Waals surface area contributed by atoms with Gasteiger partial charge in [0.15, 0.2) is 0 Å². The molecule has 128 valence electrons. The quantitative estimate of drug-likeness (QED) is 0.452. The fourth-order valence-electron chi connectivity index (χ4n) is 2.07. The molecule has 0 aliphatic heterocycles. The van der Waals surface area contributed by atoms with Gasteiger partial charge in [-0.25, -0.2) is 0 Å². The summed E-state index contributed by atoms with van der Waals surface area (Å²) in [4.78, 5) is 0. The number of aromatic nitrogens is 3. The Balaban J connectivity index is 1.63. The first-order valence-corrected chi connectivity index (χ1v) is 9.15. The number of hydrogen-bond donors (Lipinski definition) is 0. The largest absolute Gasteiger partial charge is 0.494 e. The third-order valence-corrected chi connectivity index (χ3v) is 4.56. The van der Waals surface area contributed by atoms with E-state index in [4.69, 9.17) is 16.3 Å². The number of rotatable bonds is 7. The van der Waals surface area contributed by atoms with E-state index in [1.165, 1.54) is 5.56 Å². The Kier molecular flexibility index (Phi) is 6.09. The van der Waals surface area contributed by atoms with Crippen LogP contribution in [0, 0.1) is 0 Å². The monoisotopic (exact) mass is 372 g/mol. The van der Waals surface area contributed by atoms with Crippen LogP contribution in [-0.4, -0.2) is 27.7 Å². The van der Waals surface area contributed by atoms with Crippen LogP contribution >= 0.6 is 23.4 Å². The van der Waals surface area contributed by atoms with Crippen LogP contribution in [0.4, 0.5) is 0 Å². The van der Waals surface area contributed by atoms with Crippen molar-refractivity contribution in [2.75, 3.05) is 6.61 Å². The summed E-state index contributed by atoms with van der Waals surface area (Å²) in [5.74, 6) is 1.62. The number of thioether (sulfide) groups is 1. The first-order valence-electron chi connectivity index (χ1n) is 7.79. The number of benzene rings is 2. The van der Waals surface area contributed by atoms with E-state index in [1.54, 1.807) is 29.0 Å². The van der Waals surface area contributed by atoms with Crippen molar-refractivity contribution in [2.24, 2.45) is 5.10 Å². The van der Waals surface area contributed by atoms with Gasteiger partial charge >= 0.3 is 0 Å². The van der Waals surface area contributed by atoms with Gasteiger partial charge in [-0.1, -0.05) is 35.5 Å². The van der Waals surface area contributed by atoms with Crippen molar-refractivity contribution >= 4 is 29.6 Å². The van der Waals surface area contributed by atoms with Crippen LogP contribution < -0.4 is 4.74 Å². The minimum absolute atomic E-state index is 0.655. The predicted molar refractivity (Wildman–Crippen MR) is 102 cm³/mol. The Hall–Kier alpha value is -2.31. The van der Waals surface area contributed by atoms with E-state index in [0.717, 1.165) is 27.2 Å². The number of hydrogen-bond acceptors (Lipinski definition) is 5. The summed E-state index contributed by atoms with van der Waals surface area (Å²) in [6.45, 7) is 2.62. The third-order valence-electron chi connectivity index (χ3n) is 3.30. The molecule has 0 atom stereocenters. The second kappa shape index (κ2) is 8.69. The topological polar surface area (TPSA) is 52.3 Å². The maximum absolute atomic E-state index is 5.90. The molecule has 0 N–H and O–H groups in total. The van der Waals surface area contributed by atoms with Gasteiger partial charge in [0.25, 0.3) is 0 Å². The molecule has 0 radical (unpaired) electrons. The lowest BCUT2D eigenvalue weighted by Gasteiger charge is -2.03. The van der Waals surface area contributed by atoms with Gasteiger partial charge in [-0.3, -0.25) is 0 Å². The molecule has 0 unspecified atom stereocenters. The van der Waals surface area contributed by atoms with E-state index < -0.39 is 0 Å². The maximum Gasteiger partial charge on any atom is 0.212 e. The summed E-state index contributed by atoms with van der Waals surface area (Å²) in [6.07, 6.45) is 3.36. The van der Waals surface area contributed by atoms with Gasteiger partial charge in [0.05, 0.1) is 12.8 Å². The average molecular weight is 373 g/mol. The van der Waals surface area contributed by atoms with Gasteiger partial charge in [-0.2, -0.15) is 9.78 Å². The summed E-state index contributed by atoms with van der Waals surface area (Å²) in [5, 5.41) is 13.9. The smallest absolute Gasteiger partial charge is 0.212 e. The fourth-order valence-corrected chi connectivity index (χ4v) is 3.01. The van der Waals surface area contributed by atoms with Crippen LogP contribution in [0.15, 0.2) is 65.1 Å². The number of ether oxygens (including phenoxy) is 1. The van der Waals surface area contributed by atoms with Gasteiger partial charge in [0.1, 0.15) is 12.1 Å². The lowest BCUT2D eigenvalue weighted by atomic mass is 10.2. The highest BCUT2D eigenvalue weighted by Gasteiger charge is 2.04. The van der Waals surface area contributed by atoms with Gasteiger partial charge in [-0.05, 0) is 54.4 Å². The Morgan fingerprint density at radius 3 is 2.64 bits per heavy atom. The zero-order valence-electron chi connectivity index (χ0n) is 13.7. The molecule has 0 aliphatic rings. The van der Waals surface area contributed by atoms with E-state index in [2.05, 4.69) is 15.3 Å². The van der Waals surface area contributed by atoms with Crippen molar-refractivity contribution in [1.29, 1.82) is 0 Å². The molecule has 3 aromatic rings. The highest BCUT2D eigenvalue weighted by atomic mass is 35.5. The Bertz CT molecular complexity index is 831. The molecule has 1 aromatic heterocycles. The molecule has 5 nitrogen and oxygen atoms in total. The zero-order valence-corrected chi connectivity index (χ0v) is 15.2. The molecular weight excluding hydrogens is 356 g/mol. The highest BCUT2D eigenvalue weighted by Crippen LogP contribution is 2.21. The molecule has 7 heteroatoms. The molecular formula is C18H17ClN4OS. The van der Waals surface area contributed by atoms with Gasteiger partial charge in [0.2, 0.25) is 5.16 Å². The summed E-state index contributed by atoms with van der Waals surface area (Å²) in [5.41, 5.74) is 2.14. The molecule has 1 heterocycles. The second-order valence-electron chi connectivity index (χ2n) is 5.12. The van der Waals surface area contributed by atoms with Crippen molar-refractivity contribution in [3.63, 3.8) is 0 Å².